The number of hydrogen-bond donors (Lipinski definition) is 1. The molecule has 0 fully saturated rings. The number of hydrogen-bond acceptors (Lipinski definition) is 4. The van der Waals surface area contributed by atoms with E-state index < -0.39 is 0 Å². The Morgan fingerprint density at radius 1 is 1.28 bits per heavy atom. The highest BCUT2D eigenvalue weighted by Crippen LogP contribution is 2.20. The summed E-state index contributed by atoms with van der Waals surface area (Å²) in [5, 5.41) is 6.84. The van der Waals surface area contributed by atoms with Crippen molar-refractivity contribution in [3.05, 3.63) is 65.6 Å². The summed E-state index contributed by atoms with van der Waals surface area (Å²) in [5.41, 5.74) is 1.49. The quantitative estimate of drug-likeness (QED) is 0.525. The first-order chi connectivity index (χ1) is 8.70. The molecule has 18 heavy (non-hydrogen) atoms. The fourth-order valence-electron chi connectivity index (χ4n) is 1.37. The second-order valence-electron chi connectivity index (χ2n) is 3.47. The van der Waals surface area contributed by atoms with Gasteiger partial charge < -0.3 is 4.42 Å². The minimum atomic E-state index is 0.583. The van der Waals surface area contributed by atoms with Crippen LogP contribution < -0.4 is 5.14 Å². The van der Waals surface area contributed by atoms with E-state index in [1.165, 1.54) is 0 Å². The molecule has 2 rings (SSSR count). The summed E-state index contributed by atoms with van der Waals surface area (Å²) in [6.45, 7) is 3.91. The molecule has 0 saturated heterocycles. The highest BCUT2D eigenvalue weighted by atomic mass is 35.5. The average molecular weight is 279 g/mol. The van der Waals surface area contributed by atoms with Crippen LogP contribution in [0.3, 0.4) is 0 Å². The third-order valence-electron chi connectivity index (χ3n) is 2.26. The Balaban J connectivity index is 2.26. The van der Waals surface area contributed by atoms with Gasteiger partial charge in [-0.2, -0.15) is 0 Å². The van der Waals surface area contributed by atoms with E-state index in [-0.39, 0.29) is 0 Å². The minimum absolute atomic E-state index is 0.583. The van der Waals surface area contributed by atoms with Crippen molar-refractivity contribution >= 4 is 34.3 Å². The van der Waals surface area contributed by atoms with Gasteiger partial charge in [-0.15, -0.1) is 0 Å². The lowest BCUT2D eigenvalue weighted by molar-refractivity contribution is 0.559. The van der Waals surface area contributed by atoms with Gasteiger partial charge in [-0.25, -0.2) is 4.99 Å². The summed E-state index contributed by atoms with van der Waals surface area (Å²) >= 11 is 6.85. The van der Waals surface area contributed by atoms with Gasteiger partial charge in [0.1, 0.15) is 0 Å². The van der Waals surface area contributed by atoms with Crippen LogP contribution >= 0.6 is 23.5 Å². The van der Waals surface area contributed by atoms with Crippen LogP contribution in [-0.2, 0) is 0 Å². The lowest BCUT2D eigenvalue weighted by atomic mass is 10.2. The molecule has 0 saturated carbocycles. The monoisotopic (exact) mass is 278 g/mol. The molecule has 0 atom stereocenters. The summed E-state index contributed by atoms with van der Waals surface area (Å²) in [5.74, 6) is 0.623. The van der Waals surface area contributed by atoms with E-state index in [4.69, 9.17) is 21.2 Å². The van der Waals surface area contributed by atoms with Crippen LogP contribution in [0.5, 0.6) is 0 Å². The zero-order chi connectivity index (χ0) is 13.0. The number of furan rings is 1. The second kappa shape index (κ2) is 5.91. The van der Waals surface area contributed by atoms with Crippen molar-refractivity contribution in [3.63, 3.8) is 0 Å². The predicted octanol–water partition coefficient (Wildman–Crippen LogP) is 3.96. The second-order valence-corrected chi connectivity index (χ2v) is 4.52. The molecule has 2 N–H and O–H groups in total. The first kappa shape index (κ1) is 13.0. The van der Waals surface area contributed by atoms with Crippen LogP contribution in [0.15, 0.2) is 58.6 Å². The fourth-order valence-corrected chi connectivity index (χ4v) is 1.89. The normalized spacial score (nSPS) is 11.6. The van der Waals surface area contributed by atoms with Gasteiger partial charge in [0.05, 0.1) is 12.0 Å². The van der Waals surface area contributed by atoms with Gasteiger partial charge in [0.25, 0.3) is 0 Å². The predicted molar refractivity (Wildman–Crippen MR) is 77.5 cm³/mol. The summed E-state index contributed by atoms with van der Waals surface area (Å²) in [6.07, 6.45) is 1.58. The van der Waals surface area contributed by atoms with Crippen molar-refractivity contribution in [2.45, 2.75) is 0 Å². The molecule has 0 aliphatic carbocycles. The average Bonchev–Trinajstić information content (AvgIpc) is 2.90. The zero-order valence-corrected chi connectivity index (χ0v) is 11.0. The first-order valence-corrected chi connectivity index (χ1v) is 6.40. The summed E-state index contributed by atoms with van der Waals surface area (Å²) < 4.78 is 5.25. The van der Waals surface area contributed by atoms with E-state index in [1.54, 1.807) is 30.5 Å². The van der Waals surface area contributed by atoms with Crippen LogP contribution in [0, 0.1) is 0 Å². The van der Waals surface area contributed by atoms with Crippen LogP contribution in [0.4, 0.5) is 0 Å². The number of nitrogens with two attached hydrogens (primary N) is 1. The van der Waals surface area contributed by atoms with E-state index in [1.807, 2.05) is 12.1 Å². The van der Waals surface area contributed by atoms with Crippen molar-refractivity contribution in [3.8, 4) is 0 Å². The number of rotatable bonds is 3. The molecule has 2 aromatic rings. The highest BCUT2D eigenvalue weighted by molar-refractivity contribution is 8.12. The fraction of sp³-hybridized carbons (Fsp3) is 0. The van der Waals surface area contributed by atoms with Crippen LogP contribution in [-0.4, -0.2) is 5.04 Å². The number of aliphatic imine (C=N–C) groups is 1. The third-order valence-corrected chi connectivity index (χ3v) is 3.03. The Morgan fingerprint density at radius 3 is 2.56 bits per heavy atom. The number of halogens is 1. The van der Waals surface area contributed by atoms with Gasteiger partial charge >= 0.3 is 0 Å². The van der Waals surface area contributed by atoms with Crippen molar-refractivity contribution in [2.75, 3.05) is 0 Å². The molecule has 1 heterocycles. The molecule has 0 radical (unpaired) electrons. The van der Waals surface area contributed by atoms with Gasteiger partial charge in [0.2, 0.25) is 0 Å². The van der Waals surface area contributed by atoms with E-state index in [0.717, 1.165) is 17.5 Å². The largest absolute Gasteiger partial charge is 0.462 e. The zero-order valence-electron chi connectivity index (χ0n) is 9.47. The van der Waals surface area contributed by atoms with Gasteiger partial charge in [0, 0.05) is 5.02 Å². The molecule has 0 aliphatic rings. The molecular weight excluding hydrogens is 268 g/mol. The van der Waals surface area contributed by atoms with Crippen molar-refractivity contribution in [1.29, 1.82) is 0 Å². The Labute approximate surface area is 114 Å². The molecule has 0 aliphatic heterocycles. The Morgan fingerprint density at radius 2 is 2.00 bits per heavy atom. The van der Waals surface area contributed by atoms with E-state index >= 15 is 0 Å². The van der Waals surface area contributed by atoms with Gasteiger partial charge in [0.15, 0.2) is 10.8 Å². The maximum absolute atomic E-state index is 5.83. The Hall–Kier alpha value is -1.49. The molecule has 1 aromatic carbocycles. The van der Waals surface area contributed by atoms with Gasteiger partial charge in [-0.05, 0) is 41.8 Å². The number of benzene rings is 1. The van der Waals surface area contributed by atoms with Crippen molar-refractivity contribution in [2.24, 2.45) is 10.1 Å². The van der Waals surface area contributed by atoms with Crippen LogP contribution in [0.25, 0.3) is 5.70 Å². The third kappa shape index (κ3) is 3.04. The molecule has 3 nitrogen and oxygen atoms in total. The van der Waals surface area contributed by atoms with E-state index in [9.17, 15) is 0 Å². The first-order valence-electron chi connectivity index (χ1n) is 5.15. The van der Waals surface area contributed by atoms with Crippen molar-refractivity contribution in [1.82, 2.24) is 0 Å². The van der Waals surface area contributed by atoms with Crippen LogP contribution in [0.2, 0.25) is 5.02 Å². The van der Waals surface area contributed by atoms with Gasteiger partial charge in [-0.3, -0.25) is 5.14 Å². The lowest BCUT2D eigenvalue weighted by Crippen LogP contribution is -1.98. The van der Waals surface area contributed by atoms with Crippen molar-refractivity contribution < 1.29 is 4.42 Å². The Kier molecular flexibility index (Phi) is 4.25. The maximum Gasteiger partial charge on any atom is 0.160 e. The molecule has 0 amide bonds. The molecule has 5 heteroatoms. The molecule has 0 unspecified atom stereocenters. The van der Waals surface area contributed by atoms with Crippen LogP contribution in [0.1, 0.15) is 11.3 Å². The Bertz CT molecular complexity index is 561. The maximum atomic E-state index is 5.83. The molecular formula is C13H11ClN2OS. The smallest absolute Gasteiger partial charge is 0.160 e. The number of nitrogens with zero attached hydrogens (tertiary/aromatic N) is 1. The summed E-state index contributed by atoms with van der Waals surface area (Å²) in [6, 6.07) is 10.9. The molecule has 0 bridgehead atoms. The molecule has 0 spiro atoms. The summed E-state index contributed by atoms with van der Waals surface area (Å²) in [7, 11) is 0. The van der Waals surface area contributed by atoms with E-state index in [0.29, 0.717) is 21.5 Å². The molecule has 1 aromatic heterocycles. The molecule has 92 valence electrons. The summed E-state index contributed by atoms with van der Waals surface area (Å²) in [4.78, 5) is 4.36. The standard InChI is InChI=1S/C13H11ClN2OS/c1-9(10-4-6-11(14)7-5-10)16-13(18-15)12-3-2-8-17-12/h2-8H,1,15H2/b16-13-. The minimum Gasteiger partial charge on any atom is -0.462 e. The highest BCUT2D eigenvalue weighted by Gasteiger charge is 2.07. The SMILES string of the molecule is C=C(/N=C(\SN)c1ccco1)c1ccc(Cl)cc1. The topological polar surface area (TPSA) is 51.5 Å². The van der Waals surface area contributed by atoms with Gasteiger partial charge in [-0.1, -0.05) is 30.3 Å². The van der Waals surface area contributed by atoms with E-state index in [2.05, 4.69) is 11.6 Å². The lowest BCUT2D eigenvalue weighted by Gasteiger charge is -2.03.